The van der Waals surface area contributed by atoms with Crippen molar-refractivity contribution in [3.63, 3.8) is 0 Å². The predicted octanol–water partition coefficient (Wildman–Crippen LogP) is 0.768. The zero-order valence-electron chi connectivity index (χ0n) is 11.5. The van der Waals surface area contributed by atoms with Crippen LogP contribution in [0.1, 0.15) is 30.8 Å². The average Bonchev–Trinajstić information content (AvgIpc) is 2.37. The van der Waals surface area contributed by atoms with Crippen LogP contribution in [0.15, 0.2) is 18.3 Å². The maximum absolute atomic E-state index is 11.7. The fraction of sp³-hybridized carbons (Fsp3) is 0.462. The largest absolute Gasteiger partial charge is 0.387 e. The molecule has 0 saturated heterocycles. The van der Waals surface area contributed by atoms with E-state index in [9.17, 15) is 9.59 Å². The van der Waals surface area contributed by atoms with Gasteiger partial charge in [0.25, 0.3) is 5.91 Å². The lowest BCUT2D eigenvalue weighted by Gasteiger charge is -2.08. The van der Waals surface area contributed by atoms with E-state index in [1.165, 1.54) is 0 Å². The summed E-state index contributed by atoms with van der Waals surface area (Å²) in [6, 6.07) is 3.52. The molecule has 104 valence electrons. The highest BCUT2D eigenvalue weighted by atomic mass is 16.2. The monoisotopic (exact) mass is 264 g/mol. The normalized spacial score (nSPS) is 10.1. The van der Waals surface area contributed by atoms with E-state index in [4.69, 9.17) is 0 Å². The van der Waals surface area contributed by atoms with Crippen LogP contribution in [0.4, 0.5) is 5.69 Å². The third kappa shape index (κ3) is 5.37. The fourth-order valence-electron chi connectivity index (χ4n) is 1.45. The van der Waals surface area contributed by atoms with Gasteiger partial charge in [-0.25, -0.2) is 4.98 Å². The molecule has 0 atom stereocenters. The Morgan fingerprint density at radius 3 is 2.58 bits per heavy atom. The minimum atomic E-state index is -0.278. The SMILES string of the molecule is CNc1ccc(C(=O)NCCC(=O)NC(C)C)nc1. The van der Waals surface area contributed by atoms with E-state index >= 15 is 0 Å². The number of hydrogen-bond donors (Lipinski definition) is 3. The van der Waals surface area contributed by atoms with Crippen molar-refractivity contribution >= 4 is 17.5 Å². The van der Waals surface area contributed by atoms with E-state index in [0.29, 0.717) is 12.2 Å². The van der Waals surface area contributed by atoms with E-state index in [2.05, 4.69) is 20.9 Å². The number of pyridine rings is 1. The topological polar surface area (TPSA) is 83.1 Å². The molecule has 0 aliphatic rings. The van der Waals surface area contributed by atoms with Gasteiger partial charge in [0.05, 0.1) is 11.9 Å². The molecule has 1 aromatic rings. The van der Waals surface area contributed by atoms with E-state index in [0.717, 1.165) is 5.69 Å². The first-order valence-corrected chi connectivity index (χ1v) is 6.24. The van der Waals surface area contributed by atoms with E-state index in [-0.39, 0.29) is 24.3 Å². The van der Waals surface area contributed by atoms with Gasteiger partial charge < -0.3 is 16.0 Å². The van der Waals surface area contributed by atoms with Gasteiger partial charge >= 0.3 is 0 Å². The minimum Gasteiger partial charge on any atom is -0.387 e. The van der Waals surface area contributed by atoms with Gasteiger partial charge in [0.2, 0.25) is 5.91 Å². The summed E-state index contributed by atoms with van der Waals surface area (Å²) in [5, 5.41) is 8.34. The summed E-state index contributed by atoms with van der Waals surface area (Å²) in [7, 11) is 1.78. The van der Waals surface area contributed by atoms with Gasteiger partial charge in [-0.3, -0.25) is 9.59 Å². The molecule has 0 radical (unpaired) electrons. The predicted molar refractivity (Wildman–Crippen MR) is 74.0 cm³/mol. The Labute approximate surface area is 113 Å². The number of carbonyl (C=O) groups is 2. The van der Waals surface area contributed by atoms with Gasteiger partial charge in [-0.15, -0.1) is 0 Å². The standard InChI is InChI=1S/C13H20N4O2/c1-9(2)17-12(18)6-7-15-13(19)11-5-4-10(14-3)8-16-11/h4-5,8-9,14H,6-7H2,1-3H3,(H,15,19)(H,17,18). The number of nitrogens with one attached hydrogen (secondary N) is 3. The smallest absolute Gasteiger partial charge is 0.269 e. The van der Waals surface area contributed by atoms with Crippen molar-refractivity contribution in [1.82, 2.24) is 15.6 Å². The number of carbonyl (C=O) groups excluding carboxylic acids is 2. The number of amides is 2. The molecule has 19 heavy (non-hydrogen) atoms. The first-order valence-electron chi connectivity index (χ1n) is 6.24. The van der Waals surface area contributed by atoms with Crippen LogP contribution in [0.5, 0.6) is 0 Å². The molecule has 1 aromatic heterocycles. The van der Waals surface area contributed by atoms with Crippen LogP contribution in [0.2, 0.25) is 0 Å². The lowest BCUT2D eigenvalue weighted by Crippen LogP contribution is -2.34. The summed E-state index contributed by atoms with van der Waals surface area (Å²) in [6.07, 6.45) is 1.85. The average molecular weight is 264 g/mol. The first-order chi connectivity index (χ1) is 9.02. The molecular formula is C13H20N4O2. The molecule has 0 spiro atoms. The van der Waals surface area contributed by atoms with Crippen LogP contribution in [-0.4, -0.2) is 36.4 Å². The lowest BCUT2D eigenvalue weighted by atomic mass is 10.3. The van der Waals surface area contributed by atoms with Gasteiger partial charge in [0, 0.05) is 26.1 Å². The lowest BCUT2D eigenvalue weighted by molar-refractivity contribution is -0.121. The van der Waals surface area contributed by atoms with Crippen LogP contribution in [0, 0.1) is 0 Å². The molecule has 0 aromatic carbocycles. The number of rotatable bonds is 6. The highest BCUT2D eigenvalue weighted by Crippen LogP contribution is 2.04. The summed E-state index contributed by atoms with van der Waals surface area (Å²) in [5.74, 6) is -0.353. The summed E-state index contributed by atoms with van der Waals surface area (Å²) in [6.45, 7) is 4.08. The third-order valence-corrected chi connectivity index (χ3v) is 2.37. The molecule has 0 aliphatic heterocycles. The number of hydrogen-bond acceptors (Lipinski definition) is 4. The summed E-state index contributed by atoms with van der Waals surface area (Å²) in [4.78, 5) is 27.1. The molecule has 3 N–H and O–H groups in total. The molecule has 0 unspecified atom stereocenters. The fourth-order valence-corrected chi connectivity index (χ4v) is 1.45. The minimum absolute atomic E-state index is 0.0752. The second-order valence-electron chi connectivity index (χ2n) is 4.41. The molecule has 6 nitrogen and oxygen atoms in total. The molecule has 2 amide bonds. The van der Waals surface area contributed by atoms with Crippen LogP contribution in [0.25, 0.3) is 0 Å². The molecule has 6 heteroatoms. The molecular weight excluding hydrogens is 244 g/mol. The molecule has 0 saturated carbocycles. The van der Waals surface area contributed by atoms with Crippen molar-refractivity contribution in [2.75, 3.05) is 18.9 Å². The van der Waals surface area contributed by atoms with Gasteiger partial charge in [-0.2, -0.15) is 0 Å². The van der Waals surface area contributed by atoms with Crippen molar-refractivity contribution in [2.45, 2.75) is 26.3 Å². The number of nitrogens with zero attached hydrogens (tertiary/aromatic N) is 1. The van der Waals surface area contributed by atoms with Crippen molar-refractivity contribution in [1.29, 1.82) is 0 Å². The van der Waals surface area contributed by atoms with E-state index in [1.807, 2.05) is 13.8 Å². The molecule has 0 fully saturated rings. The Morgan fingerprint density at radius 2 is 2.05 bits per heavy atom. The molecule has 0 bridgehead atoms. The zero-order valence-corrected chi connectivity index (χ0v) is 11.5. The zero-order chi connectivity index (χ0) is 14.3. The number of anilines is 1. The summed E-state index contributed by atoms with van der Waals surface area (Å²) < 4.78 is 0. The van der Waals surface area contributed by atoms with Gasteiger partial charge in [0.1, 0.15) is 5.69 Å². The van der Waals surface area contributed by atoms with Crippen molar-refractivity contribution in [3.05, 3.63) is 24.0 Å². The maximum atomic E-state index is 11.7. The Balaban J connectivity index is 2.36. The van der Waals surface area contributed by atoms with Crippen molar-refractivity contribution < 1.29 is 9.59 Å². The Kier molecular flexibility index (Phi) is 5.78. The molecule has 0 aliphatic carbocycles. The molecule has 1 rings (SSSR count). The van der Waals surface area contributed by atoms with Gasteiger partial charge in [-0.05, 0) is 26.0 Å². The van der Waals surface area contributed by atoms with E-state index < -0.39 is 0 Å². The second-order valence-corrected chi connectivity index (χ2v) is 4.41. The Morgan fingerprint density at radius 1 is 1.32 bits per heavy atom. The first kappa shape index (κ1) is 14.9. The van der Waals surface area contributed by atoms with Gasteiger partial charge in [0.15, 0.2) is 0 Å². The maximum Gasteiger partial charge on any atom is 0.269 e. The van der Waals surface area contributed by atoms with E-state index in [1.54, 1.807) is 25.4 Å². The second kappa shape index (κ2) is 7.35. The number of aromatic nitrogens is 1. The Bertz CT molecular complexity index is 429. The summed E-state index contributed by atoms with van der Waals surface area (Å²) >= 11 is 0. The highest BCUT2D eigenvalue weighted by molar-refractivity contribution is 5.92. The highest BCUT2D eigenvalue weighted by Gasteiger charge is 2.08. The summed E-state index contributed by atoms with van der Waals surface area (Å²) in [5.41, 5.74) is 1.18. The van der Waals surface area contributed by atoms with Crippen molar-refractivity contribution in [2.24, 2.45) is 0 Å². The Hall–Kier alpha value is -2.11. The van der Waals surface area contributed by atoms with Gasteiger partial charge in [-0.1, -0.05) is 0 Å². The quantitative estimate of drug-likeness (QED) is 0.708. The van der Waals surface area contributed by atoms with Crippen LogP contribution < -0.4 is 16.0 Å². The van der Waals surface area contributed by atoms with Crippen LogP contribution in [0.3, 0.4) is 0 Å². The third-order valence-electron chi connectivity index (χ3n) is 2.37. The van der Waals surface area contributed by atoms with Crippen LogP contribution >= 0.6 is 0 Å². The van der Waals surface area contributed by atoms with Crippen LogP contribution in [-0.2, 0) is 4.79 Å². The molecule has 1 heterocycles. The van der Waals surface area contributed by atoms with Crippen molar-refractivity contribution in [3.8, 4) is 0 Å².